The quantitative estimate of drug-likeness (QED) is 0.578. The van der Waals surface area contributed by atoms with E-state index in [0.29, 0.717) is 9.46 Å². The average Bonchev–Trinajstić information content (AvgIpc) is 2.92. The van der Waals surface area contributed by atoms with Crippen molar-refractivity contribution in [2.24, 2.45) is 0 Å². The van der Waals surface area contributed by atoms with Crippen LogP contribution in [0.5, 0.6) is 0 Å². The molecule has 2 nitrogen and oxygen atoms in total. The monoisotopic (exact) mass is 414 g/mol. The van der Waals surface area contributed by atoms with Gasteiger partial charge in [0.05, 0.1) is 0 Å². The zero-order valence-corrected chi connectivity index (χ0v) is 15.7. The molecule has 1 aliphatic rings. The Hall–Kier alpha value is -0.330. The van der Waals surface area contributed by atoms with Crippen LogP contribution in [0.1, 0.15) is 26.7 Å². The molecule has 0 bridgehead atoms. The number of alkyl halides is 1. The van der Waals surface area contributed by atoms with Gasteiger partial charge >= 0.3 is 0 Å². The third kappa shape index (κ3) is 3.90. The Morgan fingerprint density at radius 2 is 2.24 bits per heavy atom. The molecule has 1 atom stereocenters. The van der Waals surface area contributed by atoms with Crippen LogP contribution in [0, 0.1) is 0 Å². The topological polar surface area (TPSA) is 15.3 Å². The van der Waals surface area contributed by atoms with Crippen LogP contribution < -0.4 is 10.2 Å². The van der Waals surface area contributed by atoms with Gasteiger partial charge in [-0.2, -0.15) is 0 Å². The van der Waals surface area contributed by atoms with Gasteiger partial charge in [-0.15, -0.1) is 11.3 Å². The summed E-state index contributed by atoms with van der Waals surface area (Å²) in [5, 5.41) is 7.12. The number of nitrogens with one attached hydrogen (secondary N) is 1. The van der Waals surface area contributed by atoms with E-state index in [2.05, 4.69) is 76.3 Å². The predicted molar refractivity (Wildman–Crippen MR) is 103 cm³/mol. The molecule has 1 N–H and O–H groups in total. The van der Waals surface area contributed by atoms with Gasteiger partial charge in [0.2, 0.25) is 0 Å². The Kier molecular flexibility index (Phi) is 4.76. The summed E-state index contributed by atoms with van der Waals surface area (Å²) in [5.74, 6) is 0. The molecule has 2 heterocycles. The van der Waals surface area contributed by atoms with E-state index in [-0.39, 0.29) is 0 Å². The standard InChI is InChI=1S/C17H23IN2S/c1-17(2,18)7-5-15-12-19-8-9-20(15)14-3-4-16-13(11-14)6-10-21-16/h3-4,6,10-11,15,19H,5,7-9,12H2,1-2H3. The first-order valence-corrected chi connectivity index (χ1v) is 9.62. The van der Waals surface area contributed by atoms with Gasteiger partial charge in [0.25, 0.3) is 0 Å². The summed E-state index contributed by atoms with van der Waals surface area (Å²) in [7, 11) is 0. The first kappa shape index (κ1) is 15.6. The number of benzene rings is 1. The van der Waals surface area contributed by atoms with Gasteiger partial charge in [-0.05, 0) is 47.9 Å². The number of piperazine rings is 1. The van der Waals surface area contributed by atoms with Crippen LogP contribution in [0.3, 0.4) is 0 Å². The van der Waals surface area contributed by atoms with Gasteiger partial charge in [0.1, 0.15) is 0 Å². The summed E-state index contributed by atoms with van der Waals surface area (Å²) >= 11 is 4.39. The van der Waals surface area contributed by atoms with E-state index in [9.17, 15) is 0 Å². The average molecular weight is 414 g/mol. The molecule has 1 aliphatic heterocycles. The molecule has 2 aromatic rings. The van der Waals surface area contributed by atoms with Gasteiger partial charge in [-0.25, -0.2) is 0 Å². The first-order valence-electron chi connectivity index (χ1n) is 7.66. The van der Waals surface area contributed by atoms with Crippen LogP contribution in [0.15, 0.2) is 29.6 Å². The second-order valence-corrected chi connectivity index (χ2v) is 10.3. The fraction of sp³-hybridized carbons (Fsp3) is 0.529. The minimum Gasteiger partial charge on any atom is -0.366 e. The first-order chi connectivity index (χ1) is 10.0. The van der Waals surface area contributed by atoms with Crippen molar-refractivity contribution in [1.82, 2.24) is 5.32 Å². The maximum Gasteiger partial charge on any atom is 0.0415 e. The minimum absolute atomic E-state index is 0.387. The smallest absolute Gasteiger partial charge is 0.0415 e. The molecule has 3 rings (SSSR count). The Bertz CT molecular complexity index is 602. The molecule has 1 fully saturated rings. The van der Waals surface area contributed by atoms with Crippen molar-refractivity contribution in [3.8, 4) is 0 Å². The molecule has 1 unspecified atom stereocenters. The normalized spacial score (nSPS) is 20.1. The zero-order valence-electron chi connectivity index (χ0n) is 12.7. The highest BCUT2D eigenvalue weighted by atomic mass is 127. The molecular weight excluding hydrogens is 391 g/mol. The van der Waals surface area contributed by atoms with Crippen LogP contribution in [0.25, 0.3) is 10.1 Å². The third-order valence-corrected chi connectivity index (χ3v) is 5.63. The van der Waals surface area contributed by atoms with Crippen molar-refractivity contribution in [3.05, 3.63) is 29.6 Å². The van der Waals surface area contributed by atoms with E-state index in [0.717, 1.165) is 19.6 Å². The molecule has 0 spiro atoms. The maximum atomic E-state index is 3.56. The molecule has 0 aliphatic carbocycles. The van der Waals surface area contributed by atoms with Crippen molar-refractivity contribution in [2.75, 3.05) is 24.5 Å². The van der Waals surface area contributed by atoms with E-state index in [1.165, 1.54) is 28.6 Å². The van der Waals surface area contributed by atoms with Crippen LogP contribution in [0.4, 0.5) is 5.69 Å². The van der Waals surface area contributed by atoms with E-state index in [1.54, 1.807) is 0 Å². The fourth-order valence-corrected chi connectivity index (χ4v) is 4.08. The van der Waals surface area contributed by atoms with Crippen LogP contribution in [-0.4, -0.2) is 29.1 Å². The van der Waals surface area contributed by atoms with Gasteiger partial charge in [-0.1, -0.05) is 36.4 Å². The highest BCUT2D eigenvalue weighted by Crippen LogP contribution is 2.30. The lowest BCUT2D eigenvalue weighted by molar-refractivity contribution is 0.432. The number of fused-ring (bicyclic) bond motifs is 1. The lowest BCUT2D eigenvalue weighted by atomic mass is 10.00. The number of halogens is 1. The SMILES string of the molecule is CC(C)(I)CCC1CNCCN1c1ccc2sccc2c1. The second-order valence-electron chi connectivity index (χ2n) is 6.45. The number of hydrogen-bond donors (Lipinski definition) is 1. The molecule has 0 radical (unpaired) electrons. The lowest BCUT2D eigenvalue weighted by Crippen LogP contribution is -2.51. The molecule has 0 saturated carbocycles. The number of hydrogen-bond acceptors (Lipinski definition) is 3. The largest absolute Gasteiger partial charge is 0.366 e. The Labute approximate surface area is 145 Å². The molecular formula is C17H23IN2S. The lowest BCUT2D eigenvalue weighted by Gasteiger charge is -2.39. The fourth-order valence-electron chi connectivity index (χ4n) is 3.00. The highest BCUT2D eigenvalue weighted by Gasteiger charge is 2.25. The van der Waals surface area contributed by atoms with Crippen LogP contribution in [-0.2, 0) is 0 Å². The summed E-state index contributed by atoms with van der Waals surface area (Å²) in [5.41, 5.74) is 1.39. The summed E-state index contributed by atoms with van der Waals surface area (Å²) in [4.78, 5) is 2.61. The maximum absolute atomic E-state index is 3.56. The molecule has 0 amide bonds. The molecule has 1 saturated heterocycles. The van der Waals surface area contributed by atoms with E-state index in [1.807, 2.05) is 11.3 Å². The van der Waals surface area contributed by atoms with Gasteiger partial charge in [-0.3, -0.25) is 0 Å². The van der Waals surface area contributed by atoms with Crippen molar-refractivity contribution in [3.63, 3.8) is 0 Å². The van der Waals surface area contributed by atoms with Gasteiger partial charge < -0.3 is 10.2 Å². The summed E-state index contributed by atoms with van der Waals surface area (Å²) in [6.45, 7) is 7.96. The van der Waals surface area contributed by atoms with Crippen molar-refractivity contribution in [1.29, 1.82) is 0 Å². The van der Waals surface area contributed by atoms with Gasteiger partial charge in [0, 0.05) is 39.5 Å². The second kappa shape index (κ2) is 6.42. The predicted octanol–water partition coefficient (Wildman–Crippen LogP) is 4.67. The Balaban J connectivity index is 1.79. The van der Waals surface area contributed by atoms with Crippen molar-refractivity contribution >= 4 is 49.7 Å². The molecule has 4 heteroatoms. The summed E-state index contributed by atoms with van der Waals surface area (Å²) < 4.78 is 1.77. The van der Waals surface area contributed by atoms with E-state index < -0.39 is 0 Å². The van der Waals surface area contributed by atoms with Crippen molar-refractivity contribution < 1.29 is 0 Å². The number of nitrogens with zero attached hydrogens (tertiary/aromatic N) is 1. The highest BCUT2D eigenvalue weighted by molar-refractivity contribution is 14.1. The molecule has 114 valence electrons. The van der Waals surface area contributed by atoms with E-state index >= 15 is 0 Å². The third-order valence-electron chi connectivity index (χ3n) is 4.19. The molecule has 1 aromatic carbocycles. The Morgan fingerprint density at radius 3 is 3.05 bits per heavy atom. The number of anilines is 1. The summed E-state index contributed by atoms with van der Waals surface area (Å²) in [6, 6.07) is 9.78. The van der Waals surface area contributed by atoms with Crippen LogP contribution in [0.2, 0.25) is 0 Å². The Morgan fingerprint density at radius 1 is 1.38 bits per heavy atom. The minimum atomic E-state index is 0.387. The van der Waals surface area contributed by atoms with Crippen LogP contribution >= 0.6 is 33.9 Å². The van der Waals surface area contributed by atoms with E-state index in [4.69, 9.17) is 0 Å². The molecule has 1 aromatic heterocycles. The zero-order chi connectivity index (χ0) is 14.9. The number of rotatable bonds is 4. The summed E-state index contributed by atoms with van der Waals surface area (Å²) in [6.07, 6.45) is 2.52. The van der Waals surface area contributed by atoms with Gasteiger partial charge in [0.15, 0.2) is 0 Å². The number of thiophene rings is 1. The van der Waals surface area contributed by atoms with Crippen molar-refractivity contribution in [2.45, 2.75) is 36.2 Å². The molecule has 21 heavy (non-hydrogen) atoms.